The van der Waals surface area contributed by atoms with Crippen LogP contribution in [-0.4, -0.2) is 7.05 Å². The summed E-state index contributed by atoms with van der Waals surface area (Å²) in [5.41, 5.74) is 1.98. The van der Waals surface area contributed by atoms with Gasteiger partial charge in [-0.25, -0.2) is 4.39 Å². The van der Waals surface area contributed by atoms with Crippen LogP contribution >= 0.6 is 0 Å². The number of benzene rings is 2. The zero-order valence-corrected chi connectivity index (χ0v) is 11.0. The first kappa shape index (κ1) is 13.6. The molecule has 98 valence electrons. The van der Waals surface area contributed by atoms with Crippen molar-refractivity contribution in [3.05, 3.63) is 65.0 Å². The van der Waals surface area contributed by atoms with Crippen molar-refractivity contribution in [1.82, 2.24) is 0 Å². The highest BCUT2D eigenvalue weighted by Crippen LogP contribution is 2.19. The molecule has 0 fully saturated rings. The van der Waals surface area contributed by atoms with Gasteiger partial charge in [-0.1, -0.05) is 12.1 Å². The maximum Gasteiger partial charge on any atom is 0.145 e. The highest BCUT2D eigenvalue weighted by Gasteiger charge is 2.10. The van der Waals surface area contributed by atoms with E-state index in [2.05, 4.69) is 6.07 Å². The van der Waals surface area contributed by atoms with Crippen LogP contribution in [0.25, 0.3) is 0 Å². The molecule has 0 saturated heterocycles. The predicted octanol–water partition coefficient (Wildman–Crippen LogP) is 3.21. The maximum absolute atomic E-state index is 14.0. The summed E-state index contributed by atoms with van der Waals surface area (Å²) in [6.07, 6.45) is 0. The summed E-state index contributed by atoms with van der Waals surface area (Å²) in [5.74, 6) is -0.476. The fraction of sp³-hybridized carbons (Fsp3) is 0.125. The molecule has 0 aromatic heterocycles. The van der Waals surface area contributed by atoms with Crippen molar-refractivity contribution < 1.29 is 4.39 Å². The number of anilines is 1. The van der Waals surface area contributed by atoms with E-state index in [9.17, 15) is 4.39 Å². The lowest BCUT2D eigenvalue weighted by atomic mass is 10.1. The van der Waals surface area contributed by atoms with Crippen molar-refractivity contribution in [2.75, 3.05) is 11.9 Å². The zero-order chi connectivity index (χ0) is 14.5. The average molecular weight is 265 g/mol. The van der Waals surface area contributed by atoms with Gasteiger partial charge >= 0.3 is 0 Å². The van der Waals surface area contributed by atoms with Gasteiger partial charge in [-0.15, -0.1) is 0 Å². The number of hydrogen-bond donors (Lipinski definition) is 0. The van der Waals surface area contributed by atoms with E-state index in [1.54, 1.807) is 24.3 Å². The van der Waals surface area contributed by atoms with Gasteiger partial charge in [-0.2, -0.15) is 10.5 Å². The summed E-state index contributed by atoms with van der Waals surface area (Å²) >= 11 is 0. The highest BCUT2D eigenvalue weighted by molar-refractivity contribution is 5.50. The summed E-state index contributed by atoms with van der Waals surface area (Å²) in [4.78, 5) is 1.86. The van der Waals surface area contributed by atoms with Crippen LogP contribution in [0.3, 0.4) is 0 Å². The van der Waals surface area contributed by atoms with Gasteiger partial charge in [0.25, 0.3) is 0 Å². The smallest absolute Gasteiger partial charge is 0.145 e. The third-order valence-corrected chi connectivity index (χ3v) is 3.04. The number of nitrogens with zero attached hydrogens (tertiary/aromatic N) is 3. The Labute approximate surface area is 117 Å². The normalized spacial score (nSPS) is 9.60. The van der Waals surface area contributed by atoms with E-state index < -0.39 is 5.82 Å². The molecular formula is C16H12FN3. The van der Waals surface area contributed by atoms with Gasteiger partial charge in [0, 0.05) is 24.8 Å². The Morgan fingerprint density at radius 3 is 2.35 bits per heavy atom. The van der Waals surface area contributed by atoms with E-state index in [0.29, 0.717) is 17.7 Å². The van der Waals surface area contributed by atoms with E-state index in [1.165, 1.54) is 6.07 Å². The largest absolute Gasteiger partial charge is 0.370 e. The molecule has 0 atom stereocenters. The molecule has 0 amide bonds. The van der Waals surface area contributed by atoms with Gasteiger partial charge in [-0.3, -0.25) is 0 Å². The first-order valence-electron chi connectivity index (χ1n) is 6.04. The summed E-state index contributed by atoms with van der Waals surface area (Å²) in [7, 11) is 1.83. The van der Waals surface area contributed by atoms with E-state index in [4.69, 9.17) is 10.5 Å². The van der Waals surface area contributed by atoms with Crippen molar-refractivity contribution in [2.45, 2.75) is 6.54 Å². The minimum atomic E-state index is -0.476. The lowest BCUT2D eigenvalue weighted by Gasteiger charge is -2.20. The average Bonchev–Trinajstić information content (AvgIpc) is 2.49. The van der Waals surface area contributed by atoms with Crippen LogP contribution in [-0.2, 0) is 6.54 Å². The Bertz CT molecular complexity index is 693. The van der Waals surface area contributed by atoms with Gasteiger partial charge in [-0.05, 0) is 30.3 Å². The predicted molar refractivity (Wildman–Crippen MR) is 74.4 cm³/mol. The lowest BCUT2D eigenvalue weighted by molar-refractivity contribution is 0.604. The van der Waals surface area contributed by atoms with Crippen molar-refractivity contribution >= 4 is 5.69 Å². The van der Waals surface area contributed by atoms with Gasteiger partial charge in [0.15, 0.2) is 0 Å². The monoisotopic (exact) mass is 265 g/mol. The Morgan fingerprint density at radius 2 is 1.75 bits per heavy atom. The molecule has 0 aliphatic rings. The van der Waals surface area contributed by atoms with E-state index in [-0.39, 0.29) is 5.56 Å². The molecule has 0 aliphatic heterocycles. The van der Waals surface area contributed by atoms with E-state index >= 15 is 0 Å². The molecule has 0 aliphatic carbocycles. The first-order valence-corrected chi connectivity index (χ1v) is 6.04. The van der Waals surface area contributed by atoms with Crippen LogP contribution in [0.1, 0.15) is 16.7 Å². The number of nitriles is 2. The molecule has 0 bridgehead atoms. The second-order valence-corrected chi connectivity index (χ2v) is 4.41. The summed E-state index contributed by atoms with van der Waals surface area (Å²) in [6, 6.07) is 15.7. The van der Waals surface area contributed by atoms with Gasteiger partial charge in [0.05, 0.1) is 17.2 Å². The van der Waals surface area contributed by atoms with Crippen LogP contribution in [0.15, 0.2) is 42.5 Å². The molecule has 20 heavy (non-hydrogen) atoms. The summed E-state index contributed by atoms with van der Waals surface area (Å²) < 4.78 is 14.0. The van der Waals surface area contributed by atoms with Gasteiger partial charge in [0.2, 0.25) is 0 Å². The number of hydrogen-bond acceptors (Lipinski definition) is 3. The Balaban J connectivity index is 2.21. The molecule has 0 N–H and O–H groups in total. The minimum absolute atomic E-state index is 0.0516. The standard InChI is InChI=1S/C16H12FN3/c1-20(15-7-5-12(9-18)6-8-15)11-14-4-2-3-13(10-19)16(14)17/h2-8H,11H2,1H3. The summed E-state index contributed by atoms with van der Waals surface area (Å²) in [5, 5.41) is 17.6. The highest BCUT2D eigenvalue weighted by atomic mass is 19.1. The Hall–Kier alpha value is -2.85. The third-order valence-electron chi connectivity index (χ3n) is 3.04. The molecule has 0 saturated carbocycles. The molecule has 0 radical (unpaired) electrons. The van der Waals surface area contributed by atoms with Gasteiger partial charge in [0.1, 0.15) is 11.9 Å². The van der Waals surface area contributed by atoms with Crippen molar-refractivity contribution in [3.8, 4) is 12.1 Å². The fourth-order valence-corrected chi connectivity index (χ4v) is 1.93. The molecule has 2 aromatic rings. The van der Waals surface area contributed by atoms with Crippen molar-refractivity contribution in [3.63, 3.8) is 0 Å². The molecule has 4 heteroatoms. The molecule has 0 heterocycles. The lowest BCUT2D eigenvalue weighted by Crippen LogP contribution is -2.17. The Kier molecular flexibility index (Phi) is 3.98. The van der Waals surface area contributed by atoms with Crippen LogP contribution in [0.2, 0.25) is 0 Å². The second-order valence-electron chi connectivity index (χ2n) is 4.41. The first-order chi connectivity index (χ1) is 9.65. The topological polar surface area (TPSA) is 50.8 Å². The van der Waals surface area contributed by atoms with Crippen LogP contribution in [0.4, 0.5) is 10.1 Å². The third kappa shape index (κ3) is 2.76. The van der Waals surface area contributed by atoms with Crippen LogP contribution < -0.4 is 4.90 Å². The summed E-state index contributed by atoms with van der Waals surface area (Å²) in [6.45, 7) is 0.354. The van der Waals surface area contributed by atoms with Crippen molar-refractivity contribution in [1.29, 1.82) is 10.5 Å². The van der Waals surface area contributed by atoms with Crippen LogP contribution in [0.5, 0.6) is 0 Å². The zero-order valence-electron chi connectivity index (χ0n) is 11.0. The Morgan fingerprint density at radius 1 is 1.05 bits per heavy atom. The molecular weight excluding hydrogens is 253 g/mol. The molecule has 0 spiro atoms. The maximum atomic E-state index is 14.0. The molecule has 3 nitrogen and oxygen atoms in total. The minimum Gasteiger partial charge on any atom is -0.370 e. The van der Waals surface area contributed by atoms with Crippen LogP contribution in [0, 0.1) is 28.5 Å². The SMILES string of the molecule is CN(Cc1cccc(C#N)c1F)c1ccc(C#N)cc1. The second kappa shape index (κ2) is 5.86. The molecule has 2 aromatic carbocycles. The van der Waals surface area contributed by atoms with Crippen molar-refractivity contribution in [2.24, 2.45) is 0 Å². The number of halogens is 1. The quantitative estimate of drug-likeness (QED) is 0.856. The number of rotatable bonds is 3. The fourth-order valence-electron chi connectivity index (χ4n) is 1.93. The molecule has 2 rings (SSSR count). The molecule has 0 unspecified atom stereocenters. The van der Waals surface area contributed by atoms with Gasteiger partial charge < -0.3 is 4.90 Å². The van der Waals surface area contributed by atoms with E-state index in [0.717, 1.165) is 5.69 Å². The van der Waals surface area contributed by atoms with E-state index in [1.807, 2.05) is 30.1 Å².